The summed E-state index contributed by atoms with van der Waals surface area (Å²) in [7, 11) is 0. The maximum absolute atomic E-state index is 14.1. The molecule has 5 rings (SSSR count). The Labute approximate surface area is 280 Å². The van der Waals surface area contributed by atoms with Gasteiger partial charge in [0.05, 0.1) is 12.6 Å². The van der Waals surface area contributed by atoms with Crippen LogP contribution in [0, 0.1) is 12.8 Å². The number of fused-ring (bicyclic) bond motifs is 1. The van der Waals surface area contributed by atoms with Gasteiger partial charge in [-0.15, -0.1) is 0 Å². The van der Waals surface area contributed by atoms with Crippen LogP contribution in [0.4, 0.5) is 10.5 Å². The molecule has 47 heavy (non-hydrogen) atoms. The van der Waals surface area contributed by atoms with E-state index >= 15 is 0 Å². The number of aryl methyl sites for hydroxylation is 1. The Bertz CT molecular complexity index is 1590. The van der Waals surface area contributed by atoms with Crippen LogP contribution in [0.1, 0.15) is 60.9 Å². The Hall–Kier alpha value is -4.39. The summed E-state index contributed by atoms with van der Waals surface area (Å²) in [5.74, 6) is 1.10. The van der Waals surface area contributed by atoms with Crippen molar-refractivity contribution in [2.75, 3.05) is 43.1 Å². The Kier molecular flexibility index (Phi) is 11.2. The largest absolute Gasteiger partial charge is 0.344 e. The van der Waals surface area contributed by atoms with Crippen LogP contribution in [0.2, 0.25) is 0 Å². The molecule has 1 saturated heterocycles. The molecule has 2 aliphatic heterocycles. The summed E-state index contributed by atoms with van der Waals surface area (Å²) in [5, 5.41) is 13.8. The van der Waals surface area contributed by atoms with Crippen LogP contribution >= 0.6 is 11.8 Å². The van der Waals surface area contributed by atoms with Gasteiger partial charge in [0.2, 0.25) is 11.8 Å². The number of carbonyl (C=O) groups is 4. The summed E-state index contributed by atoms with van der Waals surface area (Å²) in [5.41, 5.74) is 2.90. The molecule has 13 heteroatoms. The van der Waals surface area contributed by atoms with Crippen LogP contribution in [-0.2, 0) is 16.1 Å². The summed E-state index contributed by atoms with van der Waals surface area (Å²) in [6, 6.07) is 13.7. The minimum absolute atomic E-state index is 0.0400. The summed E-state index contributed by atoms with van der Waals surface area (Å²) in [6.45, 7) is 7.97. The molecule has 1 fully saturated rings. The molecule has 2 aromatic carbocycles. The highest BCUT2D eigenvalue weighted by molar-refractivity contribution is 7.98. The van der Waals surface area contributed by atoms with Crippen molar-refractivity contribution in [3.8, 4) is 11.4 Å². The SMILES string of the molecule is CSCC[C@@H]1NC(=O)CCCN(C(=O)c2ccc(C)c(N3CCNC3=O)c2)CCn2nc(-c3ccccc3)nc2[C@@H](C(C)C)NC1=O. The van der Waals surface area contributed by atoms with E-state index in [9.17, 15) is 19.2 Å². The second kappa shape index (κ2) is 15.5. The van der Waals surface area contributed by atoms with Crippen LogP contribution in [-0.4, -0.2) is 87.6 Å². The Morgan fingerprint density at radius 2 is 1.81 bits per heavy atom. The van der Waals surface area contributed by atoms with E-state index in [-0.39, 0.29) is 36.1 Å². The van der Waals surface area contributed by atoms with Crippen molar-refractivity contribution in [2.45, 2.75) is 58.7 Å². The normalized spacial score (nSPS) is 19.6. The summed E-state index contributed by atoms with van der Waals surface area (Å²) in [4.78, 5) is 61.6. The third kappa shape index (κ3) is 8.13. The first-order valence-corrected chi connectivity index (χ1v) is 17.6. The number of hydrogen-bond acceptors (Lipinski definition) is 7. The van der Waals surface area contributed by atoms with Gasteiger partial charge >= 0.3 is 6.03 Å². The monoisotopic (exact) mass is 660 g/mol. The second-order valence-electron chi connectivity index (χ2n) is 12.3. The van der Waals surface area contributed by atoms with Crippen molar-refractivity contribution in [2.24, 2.45) is 5.92 Å². The maximum atomic E-state index is 14.1. The van der Waals surface area contributed by atoms with Crippen molar-refractivity contribution < 1.29 is 19.2 Å². The Morgan fingerprint density at radius 3 is 2.51 bits per heavy atom. The fraction of sp³-hybridized carbons (Fsp3) is 0.471. The van der Waals surface area contributed by atoms with E-state index in [1.165, 1.54) is 0 Å². The third-order valence-corrected chi connectivity index (χ3v) is 9.19. The molecule has 0 unspecified atom stereocenters. The van der Waals surface area contributed by atoms with Crippen LogP contribution in [0.3, 0.4) is 0 Å². The van der Waals surface area contributed by atoms with Crippen LogP contribution in [0.5, 0.6) is 0 Å². The lowest BCUT2D eigenvalue weighted by Gasteiger charge is -2.28. The first-order valence-electron chi connectivity index (χ1n) is 16.2. The molecule has 0 bridgehead atoms. The minimum atomic E-state index is -0.699. The molecule has 1 aromatic heterocycles. The highest BCUT2D eigenvalue weighted by Gasteiger charge is 2.31. The zero-order valence-corrected chi connectivity index (χ0v) is 28.3. The molecule has 0 aliphatic carbocycles. The van der Waals surface area contributed by atoms with Gasteiger partial charge in [0, 0.05) is 49.4 Å². The minimum Gasteiger partial charge on any atom is -0.344 e. The molecule has 2 atom stereocenters. The molecule has 250 valence electrons. The van der Waals surface area contributed by atoms with E-state index in [0.717, 1.165) is 11.1 Å². The van der Waals surface area contributed by atoms with Gasteiger partial charge in [0.15, 0.2) is 11.6 Å². The summed E-state index contributed by atoms with van der Waals surface area (Å²) < 4.78 is 1.80. The molecule has 3 heterocycles. The highest BCUT2D eigenvalue weighted by Crippen LogP contribution is 2.26. The van der Waals surface area contributed by atoms with Gasteiger partial charge in [-0.1, -0.05) is 50.2 Å². The molecular formula is C34H44N8O4S. The predicted octanol–water partition coefficient (Wildman–Crippen LogP) is 3.77. The number of nitrogens with one attached hydrogen (secondary N) is 3. The molecule has 3 aromatic rings. The van der Waals surface area contributed by atoms with Gasteiger partial charge in [-0.2, -0.15) is 16.9 Å². The molecule has 0 radical (unpaired) electrons. The van der Waals surface area contributed by atoms with E-state index in [0.29, 0.717) is 74.2 Å². The number of rotatable bonds is 7. The number of anilines is 1. The number of benzene rings is 2. The third-order valence-electron chi connectivity index (χ3n) is 8.54. The van der Waals surface area contributed by atoms with Crippen molar-refractivity contribution in [1.29, 1.82) is 0 Å². The van der Waals surface area contributed by atoms with Gasteiger partial charge < -0.3 is 20.9 Å². The molecule has 0 spiro atoms. The number of nitrogens with zero attached hydrogens (tertiary/aromatic N) is 5. The first-order chi connectivity index (χ1) is 22.7. The van der Waals surface area contributed by atoms with Crippen molar-refractivity contribution in [3.05, 3.63) is 65.5 Å². The molecule has 5 amide bonds. The predicted molar refractivity (Wildman–Crippen MR) is 183 cm³/mol. The topological polar surface area (TPSA) is 142 Å². The van der Waals surface area contributed by atoms with Gasteiger partial charge in [-0.05, 0) is 55.4 Å². The van der Waals surface area contributed by atoms with Gasteiger partial charge in [-0.25, -0.2) is 14.5 Å². The first kappa shape index (κ1) is 34.0. The van der Waals surface area contributed by atoms with E-state index in [1.807, 2.05) is 63.4 Å². The van der Waals surface area contributed by atoms with Gasteiger partial charge in [0.25, 0.3) is 5.91 Å². The van der Waals surface area contributed by atoms with Crippen molar-refractivity contribution in [3.63, 3.8) is 0 Å². The average Bonchev–Trinajstić information content (AvgIpc) is 3.69. The number of thioether (sulfide) groups is 1. The molecule has 12 nitrogen and oxygen atoms in total. The van der Waals surface area contributed by atoms with E-state index < -0.39 is 12.1 Å². The number of carbonyl (C=O) groups excluding carboxylic acids is 4. The van der Waals surface area contributed by atoms with Crippen molar-refractivity contribution in [1.82, 2.24) is 35.6 Å². The quantitative estimate of drug-likeness (QED) is 0.350. The maximum Gasteiger partial charge on any atom is 0.322 e. The van der Waals surface area contributed by atoms with Crippen molar-refractivity contribution >= 4 is 41.2 Å². The number of hydrogen-bond donors (Lipinski definition) is 3. The number of urea groups is 1. The van der Waals surface area contributed by atoms with Gasteiger partial charge in [0.1, 0.15) is 6.04 Å². The fourth-order valence-electron chi connectivity index (χ4n) is 5.89. The second-order valence-corrected chi connectivity index (χ2v) is 13.3. The molecular weight excluding hydrogens is 616 g/mol. The van der Waals surface area contributed by atoms with E-state index in [4.69, 9.17) is 10.1 Å². The lowest BCUT2D eigenvalue weighted by Crippen LogP contribution is -2.49. The van der Waals surface area contributed by atoms with Crippen LogP contribution < -0.4 is 20.9 Å². The smallest absolute Gasteiger partial charge is 0.322 e. The Balaban J connectivity index is 1.51. The Morgan fingerprint density at radius 1 is 1.02 bits per heavy atom. The van der Waals surface area contributed by atoms with Crippen LogP contribution in [0.15, 0.2) is 48.5 Å². The molecule has 0 saturated carbocycles. The lowest BCUT2D eigenvalue weighted by molar-refractivity contribution is -0.129. The number of aromatic nitrogens is 3. The average molecular weight is 661 g/mol. The summed E-state index contributed by atoms with van der Waals surface area (Å²) >= 11 is 1.61. The van der Waals surface area contributed by atoms with Crippen LogP contribution in [0.25, 0.3) is 11.4 Å². The highest BCUT2D eigenvalue weighted by atomic mass is 32.2. The molecule has 3 N–H and O–H groups in total. The lowest BCUT2D eigenvalue weighted by atomic mass is 10.0. The number of amides is 5. The standard InChI is InChI=1S/C34H44N8O4S/c1-22(2)29-31-38-30(24-9-6-5-7-10-24)39-42(31)19-18-40(16-8-11-28(43)36-26(14-20-47-4)32(44)37-29)33(45)25-13-12-23(3)27(21-25)41-17-15-35-34(41)46/h5-7,9-10,12-13,21-22,26,29H,8,11,14-20H2,1-4H3,(H,35,46)(H,36,43)(H,37,44)/t26-,29+/m0/s1. The fourth-order valence-corrected chi connectivity index (χ4v) is 6.36. The van der Waals surface area contributed by atoms with E-state index in [1.54, 1.807) is 38.4 Å². The van der Waals surface area contributed by atoms with Gasteiger partial charge in [-0.3, -0.25) is 19.3 Å². The zero-order valence-electron chi connectivity index (χ0n) is 27.5. The summed E-state index contributed by atoms with van der Waals surface area (Å²) in [6.07, 6.45) is 3.03. The zero-order chi connectivity index (χ0) is 33.5. The molecule has 2 aliphatic rings. The van der Waals surface area contributed by atoms with E-state index in [2.05, 4.69) is 16.0 Å².